The highest BCUT2D eigenvalue weighted by Gasteiger charge is 2.19. The van der Waals surface area contributed by atoms with Crippen LogP contribution in [-0.2, 0) is 6.54 Å². The lowest BCUT2D eigenvalue weighted by atomic mass is 10.0. The highest BCUT2D eigenvalue weighted by Crippen LogP contribution is 2.22. The number of nitrogen functional groups attached to an aromatic ring is 1. The van der Waals surface area contributed by atoms with Gasteiger partial charge in [-0.1, -0.05) is 12.5 Å². The maximum atomic E-state index is 11.5. The molecule has 0 aliphatic carbocycles. The minimum Gasteiger partial charge on any atom is -0.398 e. The first-order chi connectivity index (χ1) is 9.11. The van der Waals surface area contributed by atoms with Crippen LogP contribution in [0, 0.1) is 0 Å². The van der Waals surface area contributed by atoms with Crippen molar-refractivity contribution in [3.05, 3.63) is 29.3 Å². The van der Waals surface area contributed by atoms with Crippen LogP contribution in [0.1, 0.15) is 42.1 Å². The van der Waals surface area contributed by atoms with Crippen LogP contribution in [-0.4, -0.2) is 30.4 Å². The van der Waals surface area contributed by atoms with E-state index in [2.05, 4.69) is 17.1 Å². The van der Waals surface area contributed by atoms with Gasteiger partial charge in [-0.05, 0) is 44.0 Å². The lowest BCUT2D eigenvalue weighted by Gasteiger charge is -2.33. The molecule has 19 heavy (non-hydrogen) atoms. The Hall–Kier alpha value is -1.55. The molecule has 4 nitrogen and oxygen atoms in total. The maximum absolute atomic E-state index is 11.5. The molecule has 2 rings (SSSR count). The average Bonchev–Trinajstić information content (AvgIpc) is 2.42. The topological polar surface area (TPSA) is 58.4 Å². The molecule has 1 unspecified atom stereocenters. The zero-order valence-electron chi connectivity index (χ0n) is 11.8. The fraction of sp³-hybridized carbons (Fsp3) is 0.533. The van der Waals surface area contributed by atoms with Crippen molar-refractivity contribution in [2.75, 3.05) is 19.3 Å². The van der Waals surface area contributed by atoms with E-state index < -0.39 is 0 Å². The summed E-state index contributed by atoms with van der Waals surface area (Å²) < 4.78 is 0. The summed E-state index contributed by atoms with van der Waals surface area (Å²) in [5, 5.41) is 2.61. The number of likely N-dealkylation sites (tertiary alicyclic amines) is 1. The number of rotatable bonds is 3. The van der Waals surface area contributed by atoms with Crippen LogP contribution in [0.4, 0.5) is 5.69 Å². The second-order valence-electron chi connectivity index (χ2n) is 5.31. The van der Waals surface area contributed by atoms with Gasteiger partial charge >= 0.3 is 0 Å². The van der Waals surface area contributed by atoms with Gasteiger partial charge in [-0.25, -0.2) is 0 Å². The largest absolute Gasteiger partial charge is 0.398 e. The number of anilines is 1. The monoisotopic (exact) mass is 261 g/mol. The second-order valence-corrected chi connectivity index (χ2v) is 5.31. The highest BCUT2D eigenvalue weighted by molar-refractivity contribution is 5.95. The summed E-state index contributed by atoms with van der Waals surface area (Å²) in [6.45, 7) is 4.28. The van der Waals surface area contributed by atoms with Gasteiger partial charge in [-0.15, -0.1) is 0 Å². The van der Waals surface area contributed by atoms with Crippen molar-refractivity contribution in [2.24, 2.45) is 0 Å². The van der Waals surface area contributed by atoms with Crippen molar-refractivity contribution in [3.63, 3.8) is 0 Å². The predicted molar refractivity (Wildman–Crippen MR) is 78.0 cm³/mol. The van der Waals surface area contributed by atoms with Gasteiger partial charge in [0.1, 0.15) is 0 Å². The number of hydrogen-bond donors (Lipinski definition) is 2. The zero-order valence-corrected chi connectivity index (χ0v) is 11.8. The van der Waals surface area contributed by atoms with Crippen LogP contribution in [0.2, 0.25) is 0 Å². The number of piperidine rings is 1. The van der Waals surface area contributed by atoms with E-state index in [1.807, 2.05) is 12.1 Å². The van der Waals surface area contributed by atoms with Gasteiger partial charge in [-0.3, -0.25) is 9.69 Å². The maximum Gasteiger partial charge on any atom is 0.251 e. The summed E-state index contributed by atoms with van der Waals surface area (Å²) in [5.41, 5.74) is 8.51. The molecule has 1 aromatic rings. The summed E-state index contributed by atoms with van der Waals surface area (Å²) in [5.74, 6) is -0.0930. The van der Waals surface area contributed by atoms with E-state index in [9.17, 15) is 4.79 Å². The molecular weight excluding hydrogens is 238 g/mol. The van der Waals surface area contributed by atoms with Crippen molar-refractivity contribution in [2.45, 2.75) is 38.8 Å². The molecule has 0 bridgehead atoms. The Morgan fingerprint density at radius 3 is 2.89 bits per heavy atom. The minimum absolute atomic E-state index is 0.0930. The van der Waals surface area contributed by atoms with Gasteiger partial charge in [0.15, 0.2) is 0 Å². The third-order valence-corrected chi connectivity index (χ3v) is 3.95. The molecule has 0 spiro atoms. The Morgan fingerprint density at radius 1 is 1.47 bits per heavy atom. The molecule has 1 aliphatic heterocycles. The fourth-order valence-corrected chi connectivity index (χ4v) is 2.64. The van der Waals surface area contributed by atoms with E-state index in [4.69, 9.17) is 5.73 Å². The quantitative estimate of drug-likeness (QED) is 0.818. The summed E-state index contributed by atoms with van der Waals surface area (Å²) in [4.78, 5) is 14.0. The first-order valence-electron chi connectivity index (χ1n) is 6.96. The molecule has 0 aromatic heterocycles. The summed E-state index contributed by atoms with van der Waals surface area (Å²) in [7, 11) is 1.63. The Kier molecular flexibility index (Phi) is 4.43. The standard InChI is InChI=1S/C15H23N3O/c1-11-5-3-4-8-18(11)10-13-7-6-12(9-14(13)16)15(19)17-2/h6-7,9,11H,3-5,8,10,16H2,1-2H3,(H,17,19). The average molecular weight is 261 g/mol. The van der Waals surface area contributed by atoms with Crippen LogP contribution in [0.25, 0.3) is 0 Å². The third kappa shape index (κ3) is 3.26. The number of carbonyl (C=O) groups excluding carboxylic acids is 1. The molecule has 1 fully saturated rings. The van der Waals surface area contributed by atoms with Gasteiger partial charge in [0, 0.05) is 30.9 Å². The molecule has 1 heterocycles. The molecule has 1 saturated heterocycles. The number of nitrogens with two attached hydrogens (primary N) is 1. The lowest BCUT2D eigenvalue weighted by Crippen LogP contribution is -2.36. The second kappa shape index (κ2) is 6.06. The van der Waals surface area contributed by atoms with Crippen LogP contribution in [0.15, 0.2) is 18.2 Å². The van der Waals surface area contributed by atoms with E-state index in [-0.39, 0.29) is 5.91 Å². The molecule has 1 aliphatic rings. The van der Waals surface area contributed by atoms with Crippen LogP contribution < -0.4 is 11.1 Å². The molecule has 1 amide bonds. The van der Waals surface area contributed by atoms with Gasteiger partial charge in [0.2, 0.25) is 0 Å². The van der Waals surface area contributed by atoms with Gasteiger partial charge < -0.3 is 11.1 Å². The molecule has 3 N–H and O–H groups in total. The van der Waals surface area contributed by atoms with E-state index in [1.54, 1.807) is 13.1 Å². The predicted octanol–water partition coefficient (Wildman–Crippen LogP) is 2.00. The summed E-state index contributed by atoms with van der Waals surface area (Å²) in [6.07, 6.45) is 3.85. The van der Waals surface area contributed by atoms with Crippen molar-refractivity contribution in [1.29, 1.82) is 0 Å². The van der Waals surface area contributed by atoms with Crippen molar-refractivity contribution >= 4 is 11.6 Å². The minimum atomic E-state index is -0.0930. The van der Waals surface area contributed by atoms with Gasteiger partial charge in [0.05, 0.1) is 0 Å². The Bertz CT molecular complexity index is 459. The van der Waals surface area contributed by atoms with E-state index in [0.717, 1.165) is 18.7 Å². The molecule has 0 radical (unpaired) electrons. The van der Waals surface area contributed by atoms with E-state index in [1.165, 1.54) is 19.3 Å². The summed E-state index contributed by atoms with van der Waals surface area (Å²) >= 11 is 0. The molecular formula is C15H23N3O. The number of hydrogen-bond acceptors (Lipinski definition) is 3. The number of nitrogens with zero attached hydrogens (tertiary/aromatic N) is 1. The van der Waals surface area contributed by atoms with Crippen LogP contribution in [0.5, 0.6) is 0 Å². The zero-order chi connectivity index (χ0) is 13.8. The van der Waals surface area contributed by atoms with E-state index >= 15 is 0 Å². The molecule has 1 atom stereocenters. The number of amides is 1. The smallest absolute Gasteiger partial charge is 0.251 e. The SMILES string of the molecule is CNC(=O)c1ccc(CN2CCCCC2C)c(N)c1. The van der Waals surface area contributed by atoms with Gasteiger partial charge in [0.25, 0.3) is 5.91 Å². The Labute approximate surface area is 115 Å². The molecule has 1 aromatic carbocycles. The number of carbonyl (C=O) groups is 1. The number of nitrogens with one attached hydrogen (secondary N) is 1. The highest BCUT2D eigenvalue weighted by atomic mass is 16.1. The number of benzene rings is 1. The van der Waals surface area contributed by atoms with Gasteiger partial charge in [-0.2, -0.15) is 0 Å². The van der Waals surface area contributed by atoms with Crippen molar-refractivity contribution in [3.8, 4) is 0 Å². The third-order valence-electron chi connectivity index (χ3n) is 3.95. The first-order valence-corrected chi connectivity index (χ1v) is 6.96. The molecule has 104 valence electrons. The van der Waals surface area contributed by atoms with Crippen molar-refractivity contribution < 1.29 is 4.79 Å². The van der Waals surface area contributed by atoms with E-state index in [0.29, 0.717) is 17.3 Å². The summed E-state index contributed by atoms with van der Waals surface area (Å²) in [6, 6.07) is 6.20. The van der Waals surface area contributed by atoms with Crippen LogP contribution in [0.3, 0.4) is 0 Å². The normalized spacial score (nSPS) is 20.2. The molecule has 0 saturated carbocycles. The first kappa shape index (κ1) is 13.9. The Balaban J connectivity index is 2.10. The Morgan fingerprint density at radius 2 is 2.26 bits per heavy atom. The lowest BCUT2D eigenvalue weighted by molar-refractivity contribution is 0.0963. The van der Waals surface area contributed by atoms with Crippen molar-refractivity contribution in [1.82, 2.24) is 10.2 Å². The molecule has 4 heteroatoms. The van der Waals surface area contributed by atoms with Crippen LogP contribution >= 0.6 is 0 Å². The fourth-order valence-electron chi connectivity index (χ4n) is 2.64.